The molecule has 0 aliphatic rings. The van der Waals surface area contributed by atoms with Crippen LogP contribution >= 0.6 is 0 Å². The number of unbranched alkanes of at least 4 members (excludes halogenated alkanes) is 1. The molecule has 4 heteroatoms. The molecule has 3 N–H and O–H groups in total. The van der Waals surface area contributed by atoms with Crippen LogP contribution in [0.3, 0.4) is 0 Å². The third kappa shape index (κ3) is 3.79. The highest BCUT2D eigenvalue weighted by atomic mass is 16.5. The second kappa shape index (κ2) is 7.19. The zero-order valence-corrected chi connectivity index (χ0v) is 10.1. The van der Waals surface area contributed by atoms with E-state index < -0.39 is 0 Å². The molecule has 1 atom stereocenters. The first-order valence-corrected chi connectivity index (χ1v) is 5.85. The number of nitrogens with two attached hydrogens (primary N) is 1. The van der Waals surface area contributed by atoms with E-state index in [1.807, 2.05) is 19.2 Å². The van der Waals surface area contributed by atoms with Gasteiger partial charge in [-0.2, -0.15) is 0 Å². The van der Waals surface area contributed by atoms with Crippen LogP contribution < -0.4 is 16.0 Å². The van der Waals surface area contributed by atoms with Crippen LogP contribution in [-0.2, 0) is 0 Å². The van der Waals surface area contributed by atoms with Gasteiger partial charge in [0.1, 0.15) is 5.75 Å². The minimum Gasteiger partial charge on any atom is -0.492 e. The van der Waals surface area contributed by atoms with Crippen molar-refractivity contribution in [2.45, 2.75) is 39.2 Å². The maximum absolute atomic E-state index is 5.55. The molecule has 1 aromatic heterocycles. The largest absolute Gasteiger partial charge is 0.492 e. The minimum absolute atomic E-state index is 0.160. The number of hydrogen-bond donors (Lipinski definition) is 2. The first-order valence-electron chi connectivity index (χ1n) is 5.85. The molecule has 0 fully saturated rings. The van der Waals surface area contributed by atoms with E-state index in [0.717, 1.165) is 30.6 Å². The number of hydrazine groups is 1. The Bertz CT molecular complexity index is 304. The number of hydrogen-bond acceptors (Lipinski definition) is 4. The SMILES string of the molecule is CCCCC(NN)c1cncc(OCC)c1. The molecule has 0 aliphatic heterocycles. The fourth-order valence-electron chi connectivity index (χ4n) is 1.63. The summed E-state index contributed by atoms with van der Waals surface area (Å²) < 4.78 is 5.41. The molecule has 16 heavy (non-hydrogen) atoms. The van der Waals surface area contributed by atoms with E-state index in [0.29, 0.717) is 6.61 Å². The third-order valence-corrected chi connectivity index (χ3v) is 2.50. The van der Waals surface area contributed by atoms with Crippen molar-refractivity contribution < 1.29 is 4.74 Å². The average Bonchev–Trinajstić information content (AvgIpc) is 2.31. The number of pyridine rings is 1. The van der Waals surface area contributed by atoms with E-state index in [9.17, 15) is 0 Å². The van der Waals surface area contributed by atoms with Gasteiger partial charge in [0.25, 0.3) is 0 Å². The van der Waals surface area contributed by atoms with E-state index >= 15 is 0 Å². The molecule has 0 spiro atoms. The molecular formula is C12H21N3O. The average molecular weight is 223 g/mol. The maximum Gasteiger partial charge on any atom is 0.137 e. The number of rotatable bonds is 7. The Hall–Kier alpha value is -1.13. The van der Waals surface area contributed by atoms with Crippen molar-refractivity contribution in [3.05, 3.63) is 24.0 Å². The van der Waals surface area contributed by atoms with Gasteiger partial charge in [-0.3, -0.25) is 16.3 Å². The molecule has 1 unspecified atom stereocenters. The molecule has 1 aromatic rings. The van der Waals surface area contributed by atoms with E-state index in [-0.39, 0.29) is 6.04 Å². The topological polar surface area (TPSA) is 60.2 Å². The van der Waals surface area contributed by atoms with Gasteiger partial charge >= 0.3 is 0 Å². The molecular weight excluding hydrogens is 202 g/mol. The van der Waals surface area contributed by atoms with Crippen LogP contribution in [-0.4, -0.2) is 11.6 Å². The lowest BCUT2D eigenvalue weighted by Gasteiger charge is -2.16. The summed E-state index contributed by atoms with van der Waals surface area (Å²) >= 11 is 0. The molecule has 0 amide bonds. The molecule has 0 aliphatic carbocycles. The normalized spacial score (nSPS) is 12.4. The number of nitrogens with zero attached hydrogens (tertiary/aromatic N) is 1. The van der Waals surface area contributed by atoms with Gasteiger partial charge in [0.05, 0.1) is 12.8 Å². The van der Waals surface area contributed by atoms with Gasteiger partial charge in [-0.1, -0.05) is 19.8 Å². The molecule has 0 radical (unpaired) electrons. The van der Waals surface area contributed by atoms with Crippen molar-refractivity contribution in [2.24, 2.45) is 5.84 Å². The van der Waals surface area contributed by atoms with Crippen LogP contribution in [0.1, 0.15) is 44.7 Å². The first-order chi connectivity index (χ1) is 7.81. The van der Waals surface area contributed by atoms with E-state index in [1.54, 1.807) is 6.20 Å². The standard InChI is InChI=1S/C12H21N3O/c1-3-5-6-12(15-13)10-7-11(16-4-2)9-14-8-10/h7-9,12,15H,3-6,13H2,1-2H3. The van der Waals surface area contributed by atoms with Gasteiger partial charge in [0.2, 0.25) is 0 Å². The number of aromatic nitrogens is 1. The van der Waals surface area contributed by atoms with Gasteiger partial charge < -0.3 is 4.74 Å². The monoisotopic (exact) mass is 223 g/mol. The van der Waals surface area contributed by atoms with Crippen LogP contribution in [0, 0.1) is 0 Å². The summed E-state index contributed by atoms with van der Waals surface area (Å²) in [5.41, 5.74) is 3.91. The summed E-state index contributed by atoms with van der Waals surface area (Å²) in [6.45, 7) is 4.78. The van der Waals surface area contributed by atoms with Gasteiger partial charge in [-0.15, -0.1) is 0 Å². The third-order valence-electron chi connectivity index (χ3n) is 2.50. The van der Waals surface area contributed by atoms with Crippen molar-refractivity contribution in [3.63, 3.8) is 0 Å². The molecule has 4 nitrogen and oxygen atoms in total. The van der Waals surface area contributed by atoms with Gasteiger partial charge in [0, 0.05) is 12.2 Å². The van der Waals surface area contributed by atoms with E-state index in [2.05, 4.69) is 17.3 Å². The summed E-state index contributed by atoms with van der Waals surface area (Å²) in [6.07, 6.45) is 6.89. The Balaban J connectivity index is 2.71. The van der Waals surface area contributed by atoms with Crippen molar-refractivity contribution in [3.8, 4) is 5.75 Å². The molecule has 1 heterocycles. The maximum atomic E-state index is 5.55. The fourth-order valence-corrected chi connectivity index (χ4v) is 1.63. The quantitative estimate of drug-likeness (QED) is 0.549. The Kier molecular flexibility index (Phi) is 5.82. The van der Waals surface area contributed by atoms with E-state index in [4.69, 9.17) is 10.6 Å². The van der Waals surface area contributed by atoms with Crippen LogP contribution in [0.5, 0.6) is 5.75 Å². The van der Waals surface area contributed by atoms with Crippen molar-refractivity contribution >= 4 is 0 Å². The van der Waals surface area contributed by atoms with Crippen LogP contribution in [0.25, 0.3) is 0 Å². The van der Waals surface area contributed by atoms with Gasteiger partial charge in [0.15, 0.2) is 0 Å². The highest BCUT2D eigenvalue weighted by Crippen LogP contribution is 2.21. The molecule has 0 aromatic carbocycles. The molecule has 0 saturated heterocycles. The molecule has 0 saturated carbocycles. The predicted octanol–water partition coefficient (Wildman–Crippen LogP) is 2.17. The highest BCUT2D eigenvalue weighted by molar-refractivity contribution is 5.25. The summed E-state index contributed by atoms with van der Waals surface area (Å²) in [5, 5.41) is 0. The lowest BCUT2D eigenvalue weighted by Crippen LogP contribution is -2.28. The minimum atomic E-state index is 0.160. The van der Waals surface area contributed by atoms with E-state index in [1.165, 1.54) is 0 Å². The molecule has 0 bridgehead atoms. The van der Waals surface area contributed by atoms with Gasteiger partial charge in [-0.05, 0) is 25.0 Å². The Morgan fingerprint density at radius 3 is 2.88 bits per heavy atom. The Labute approximate surface area is 97.2 Å². The Morgan fingerprint density at radius 2 is 2.25 bits per heavy atom. The van der Waals surface area contributed by atoms with Crippen molar-refractivity contribution in [2.75, 3.05) is 6.61 Å². The zero-order valence-electron chi connectivity index (χ0n) is 10.1. The second-order valence-corrected chi connectivity index (χ2v) is 3.75. The smallest absolute Gasteiger partial charge is 0.137 e. The summed E-state index contributed by atoms with van der Waals surface area (Å²) in [5.74, 6) is 6.35. The number of nitrogens with one attached hydrogen (secondary N) is 1. The lowest BCUT2D eigenvalue weighted by molar-refractivity contribution is 0.337. The second-order valence-electron chi connectivity index (χ2n) is 3.75. The predicted molar refractivity (Wildman–Crippen MR) is 65.0 cm³/mol. The van der Waals surface area contributed by atoms with Crippen LogP contribution in [0.2, 0.25) is 0 Å². The summed E-state index contributed by atoms with van der Waals surface area (Å²) in [4.78, 5) is 4.16. The first kappa shape index (κ1) is 12.9. The van der Waals surface area contributed by atoms with Crippen molar-refractivity contribution in [1.82, 2.24) is 10.4 Å². The molecule has 90 valence electrons. The van der Waals surface area contributed by atoms with Crippen LogP contribution in [0.15, 0.2) is 18.5 Å². The number of ether oxygens (including phenoxy) is 1. The van der Waals surface area contributed by atoms with Crippen LogP contribution in [0.4, 0.5) is 0 Å². The lowest BCUT2D eigenvalue weighted by atomic mass is 10.0. The summed E-state index contributed by atoms with van der Waals surface area (Å²) in [7, 11) is 0. The zero-order chi connectivity index (χ0) is 11.8. The highest BCUT2D eigenvalue weighted by Gasteiger charge is 2.10. The molecule has 1 rings (SSSR count). The van der Waals surface area contributed by atoms with Gasteiger partial charge in [-0.25, -0.2) is 0 Å². The Morgan fingerprint density at radius 1 is 1.44 bits per heavy atom. The van der Waals surface area contributed by atoms with Crippen molar-refractivity contribution in [1.29, 1.82) is 0 Å². The summed E-state index contributed by atoms with van der Waals surface area (Å²) in [6, 6.07) is 2.16. The fraction of sp³-hybridized carbons (Fsp3) is 0.583.